The van der Waals surface area contributed by atoms with Crippen molar-refractivity contribution >= 4 is 17.7 Å². The van der Waals surface area contributed by atoms with Crippen molar-refractivity contribution in [2.45, 2.75) is 30.3 Å². The molecule has 0 amide bonds. The highest BCUT2D eigenvalue weighted by molar-refractivity contribution is 7.98. The van der Waals surface area contributed by atoms with Crippen LogP contribution in [0.4, 0.5) is 5.95 Å². The molecular formula is C12H16N4S. The van der Waals surface area contributed by atoms with Gasteiger partial charge in [-0.3, -0.25) is 0 Å². The largest absolute Gasteiger partial charge is 0.368 e. The van der Waals surface area contributed by atoms with E-state index in [4.69, 9.17) is 5.73 Å². The number of nitrogens with zero attached hydrogens (tertiary/aromatic N) is 3. The molecule has 3 saturated carbocycles. The molecule has 0 aromatic carbocycles. The summed E-state index contributed by atoms with van der Waals surface area (Å²) in [6.45, 7) is 0. The highest BCUT2D eigenvalue weighted by atomic mass is 32.2. The van der Waals surface area contributed by atoms with Crippen LogP contribution in [0, 0.1) is 23.7 Å². The normalized spacial score (nSPS) is 41.6. The summed E-state index contributed by atoms with van der Waals surface area (Å²) in [5.74, 6) is 5.58. The first-order valence-electron chi connectivity index (χ1n) is 6.33. The third kappa shape index (κ3) is 1.35. The van der Waals surface area contributed by atoms with E-state index in [0.29, 0.717) is 11.9 Å². The van der Waals surface area contributed by atoms with E-state index >= 15 is 0 Å². The van der Waals surface area contributed by atoms with Crippen LogP contribution in [0.15, 0.2) is 5.16 Å². The van der Waals surface area contributed by atoms with Gasteiger partial charge in [0, 0.05) is 5.92 Å². The zero-order valence-corrected chi connectivity index (χ0v) is 10.7. The van der Waals surface area contributed by atoms with Crippen molar-refractivity contribution in [3.63, 3.8) is 0 Å². The van der Waals surface area contributed by atoms with Crippen molar-refractivity contribution in [3.05, 3.63) is 5.82 Å². The zero-order chi connectivity index (χ0) is 11.6. The number of thioether (sulfide) groups is 1. The highest BCUT2D eigenvalue weighted by Crippen LogP contribution is 2.72. The molecule has 17 heavy (non-hydrogen) atoms. The van der Waals surface area contributed by atoms with Gasteiger partial charge in [-0.15, -0.1) is 0 Å². The van der Waals surface area contributed by atoms with Gasteiger partial charge in [0.1, 0.15) is 5.82 Å². The van der Waals surface area contributed by atoms with E-state index < -0.39 is 0 Å². The summed E-state index contributed by atoms with van der Waals surface area (Å²) in [4.78, 5) is 13.0. The lowest BCUT2D eigenvalue weighted by molar-refractivity contribution is 0.456. The topological polar surface area (TPSA) is 64.7 Å². The zero-order valence-electron chi connectivity index (χ0n) is 9.84. The van der Waals surface area contributed by atoms with Gasteiger partial charge in [0.2, 0.25) is 5.95 Å². The van der Waals surface area contributed by atoms with Gasteiger partial charge in [0.15, 0.2) is 5.16 Å². The van der Waals surface area contributed by atoms with Crippen molar-refractivity contribution in [3.8, 4) is 0 Å². The first kappa shape index (κ1) is 10.1. The second kappa shape index (κ2) is 3.34. The van der Waals surface area contributed by atoms with Gasteiger partial charge in [-0.1, -0.05) is 11.8 Å². The van der Waals surface area contributed by atoms with Gasteiger partial charge in [0.05, 0.1) is 0 Å². The van der Waals surface area contributed by atoms with Crippen LogP contribution in [0.3, 0.4) is 0 Å². The van der Waals surface area contributed by atoms with E-state index in [2.05, 4.69) is 15.0 Å². The number of rotatable bonds is 2. The summed E-state index contributed by atoms with van der Waals surface area (Å²) in [5, 5.41) is 0.768. The molecule has 4 rings (SSSR count). The number of fused-ring (bicyclic) bond motifs is 5. The molecule has 0 spiro atoms. The Morgan fingerprint density at radius 3 is 2.47 bits per heavy atom. The Kier molecular flexibility index (Phi) is 1.99. The fourth-order valence-electron chi connectivity index (χ4n) is 4.30. The Morgan fingerprint density at radius 1 is 1.12 bits per heavy atom. The fraction of sp³-hybridized carbons (Fsp3) is 0.750. The standard InChI is InChI=1S/C12H16N4S/c1-17-12-15-10(14-11(13)16-12)9-7-5-2-3-6(4-5)8(7)9/h5-9H,2-4H2,1H3,(H2,13,14,15,16). The summed E-state index contributed by atoms with van der Waals surface area (Å²) >= 11 is 1.55. The maximum Gasteiger partial charge on any atom is 0.224 e. The second-order valence-corrected chi connectivity index (χ2v) is 6.33. The Balaban J connectivity index is 1.67. The molecule has 3 aliphatic carbocycles. The molecule has 2 bridgehead atoms. The first-order valence-corrected chi connectivity index (χ1v) is 7.56. The minimum Gasteiger partial charge on any atom is -0.368 e. The number of hydrogen-bond acceptors (Lipinski definition) is 5. The summed E-state index contributed by atoms with van der Waals surface area (Å²) in [7, 11) is 0. The third-order valence-corrected chi connectivity index (χ3v) is 5.41. The second-order valence-electron chi connectivity index (χ2n) is 5.55. The van der Waals surface area contributed by atoms with E-state index in [-0.39, 0.29) is 0 Å². The molecule has 0 radical (unpaired) electrons. The highest BCUT2D eigenvalue weighted by Gasteiger charge is 2.66. The first-order chi connectivity index (χ1) is 8.28. The molecule has 5 heteroatoms. The van der Waals surface area contributed by atoms with Gasteiger partial charge in [0.25, 0.3) is 0 Å². The monoisotopic (exact) mass is 248 g/mol. The Bertz CT molecular complexity index is 462. The lowest BCUT2D eigenvalue weighted by atomic mass is 10.0. The van der Waals surface area contributed by atoms with E-state index in [1.807, 2.05) is 6.26 Å². The van der Waals surface area contributed by atoms with E-state index in [1.54, 1.807) is 11.8 Å². The molecule has 4 unspecified atom stereocenters. The maximum absolute atomic E-state index is 5.76. The Hall–Kier alpha value is -0.840. The molecule has 4 nitrogen and oxygen atoms in total. The Labute approximate surface area is 105 Å². The molecule has 90 valence electrons. The van der Waals surface area contributed by atoms with Gasteiger partial charge in [-0.2, -0.15) is 9.97 Å². The molecule has 3 fully saturated rings. The van der Waals surface area contributed by atoms with E-state index in [0.717, 1.165) is 34.7 Å². The molecule has 1 heterocycles. The van der Waals surface area contributed by atoms with Crippen LogP contribution in [0.25, 0.3) is 0 Å². The van der Waals surface area contributed by atoms with Crippen molar-refractivity contribution in [2.24, 2.45) is 23.7 Å². The lowest BCUT2D eigenvalue weighted by Gasteiger charge is -2.08. The van der Waals surface area contributed by atoms with Crippen LogP contribution >= 0.6 is 11.8 Å². The number of anilines is 1. The number of nitrogens with two attached hydrogens (primary N) is 1. The number of hydrogen-bond donors (Lipinski definition) is 1. The molecule has 0 saturated heterocycles. The van der Waals surface area contributed by atoms with Gasteiger partial charge in [-0.25, -0.2) is 4.98 Å². The van der Waals surface area contributed by atoms with Gasteiger partial charge >= 0.3 is 0 Å². The molecule has 2 N–H and O–H groups in total. The SMILES string of the molecule is CSc1nc(N)nc(C2C3C4CCC(C4)C23)n1. The Morgan fingerprint density at radius 2 is 1.82 bits per heavy atom. The average molecular weight is 248 g/mol. The summed E-state index contributed by atoms with van der Waals surface area (Å²) in [5.41, 5.74) is 5.76. The van der Waals surface area contributed by atoms with Gasteiger partial charge in [-0.05, 0) is 49.2 Å². The lowest BCUT2D eigenvalue weighted by Crippen LogP contribution is -2.07. The van der Waals surface area contributed by atoms with Crippen LogP contribution in [0.5, 0.6) is 0 Å². The summed E-state index contributed by atoms with van der Waals surface area (Å²) in [6.07, 6.45) is 6.30. The number of aromatic nitrogens is 3. The molecule has 1 aromatic heterocycles. The van der Waals surface area contributed by atoms with E-state index in [9.17, 15) is 0 Å². The van der Waals surface area contributed by atoms with Gasteiger partial charge < -0.3 is 5.73 Å². The quantitative estimate of drug-likeness (QED) is 0.810. The maximum atomic E-state index is 5.76. The van der Waals surface area contributed by atoms with Crippen molar-refractivity contribution < 1.29 is 0 Å². The predicted octanol–water partition coefficient (Wildman–Crippen LogP) is 1.94. The molecule has 3 aliphatic rings. The molecule has 0 aliphatic heterocycles. The van der Waals surface area contributed by atoms with Crippen LogP contribution in [-0.4, -0.2) is 21.2 Å². The molecule has 1 aromatic rings. The summed E-state index contributed by atoms with van der Waals surface area (Å²) in [6, 6.07) is 0. The summed E-state index contributed by atoms with van der Waals surface area (Å²) < 4.78 is 0. The fourth-order valence-corrected chi connectivity index (χ4v) is 4.67. The van der Waals surface area contributed by atoms with Crippen LogP contribution in [-0.2, 0) is 0 Å². The smallest absolute Gasteiger partial charge is 0.224 e. The third-order valence-electron chi connectivity index (χ3n) is 4.87. The number of nitrogen functional groups attached to an aromatic ring is 1. The van der Waals surface area contributed by atoms with E-state index in [1.165, 1.54) is 19.3 Å². The minimum atomic E-state index is 0.386. The van der Waals surface area contributed by atoms with Crippen LogP contribution < -0.4 is 5.73 Å². The predicted molar refractivity (Wildman–Crippen MR) is 66.6 cm³/mol. The molecular weight excluding hydrogens is 232 g/mol. The molecule has 4 atom stereocenters. The van der Waals surface area contributed by atoms with Crippen molar-refractivity contribution in [2.75, 3.05) is 12.0 Å². The van der Waals surface area contributed by atoms with Crippen molar-refractivity contribution in [1.82, 2.24) is 15.0 Å². The van der Waals surface area contributed by atoms with Crippen LogP contribution in [0.1, 0.15) is 31.0 Å². The van der Waals surface area contributed by atoms with Crippen molar-refractivity contribution in [1.29, 1.82) is 0 Å². The minimum absolute atomic E-state index is 0.386. The average Bonchev–Trinajstić information content (AvgIpc) is 2.77. The van der Waals surface area contributed by atoms with Crippen LogP contribution in [0.2, 0.25) is 0 Å².